The smallest absolute Gasteiger partial charge is 0.259 e. The standard InChI is InChI=1S/C20H17ClFN7O/c1-12(2)19-14(10-24-29(19)17-6-4-3-5-15(17)21)20(30)25-13-7-8-18(16(22)9-13)28-11-23-26-27-28/h3-12H,1-2H3,(H,25,30). The van der Waals surface area contributed by atoms with Crippen LogP contribution >= 0.6 is 11.6 Å². The van der Waals surface area contributed by atoms with Crippen molar-refractivity contribution in [1.82, 2.24) is 30.0 Å². The van der Waals surface area contributed by atoms with Gasteiger partial charge in [0.25, 0.3) is 5.91 Å². The zero-order chi connectivity index (χ0) is 21.3. The Bertz CT molecular complexity index is 1200. The monoisotopic (exact) mass is 425 g/mol. The Morgan fingerprint density at radius 1 is 1.17 bits per heavy atom. The summed E-state index contributed by atoms with van der Waals surface area (Å²) in [7, 11) is 0. The van der Waals surface area contributed by atoms with Gasteiger partial charge in [0.1, 0.15) is 12.0 Å². The molecule has 8 nitrogen and oxygen atoms in total. The van der Waals surface area contributed by atoms with Gasteiger partial charge in [-0.05, 0) is 46.7 Å². The number of nitrogens with zero attached hydrogens (tertiary/aromatic N) is 6. The Morgan fingerprint density at radius 3 is 2.63 bits per heavy atom. The lowest BCUT2D eigenvalue weighted by atomic mass is 10.0. The van der Waals surface area contributed by atoms with Crippen molar-refractivity contribution in [2.24, 2.45) is 0 Å². The minimum atomic E-state index is -0.573. The topological polar surface area (TPSA) is 90.5 Å². The van der Waals surface area contributed by atoms with E-state index < -0.39 is 11.7 Å². The highest BCUT2D eigenvalue weighted by Crippen LogP contribution is 2.28. The summed E-state index contributed by atoms with van der Waals surface area (Å²) in [4.78, 5) is 12.9. The molecule has 0 aliphatic rings. The minimum Gasteiger partial charge on any atom is -0.322 e. The lowest BCUT2D eigenvalue weighted by Crippen LogP contribution is -2.16. The molecule has 2 aromatic heterocycles. The van der Waals surface area contributed by atoms with Crippen LogP contribution in [0.1, 0.15) is 35.8 Å². The number of hydrogen-bond donors (Lipinski definition) is 1. The molecule has 152 valence electrons. The first kappa shape index (κ1) is 19.7. The number of rotatable bonds is 5. The second kappa shape index (κ2) is 8.03. The van der Waals surface area contributed by atoms with E-state index in [4.69, 9.17) is 11.6 Å². The largest absolute Gasteiger partial charge is 0.322 e. The summed E-state index contributed by atoms with van der Waals surface area (Å²) in [5.74, 6) is -0.981. The average molecular weight is 426 g/mol. The van der Waals surface area contributed by atoms with Crippen molar-refractivity contribution in [3.8, 4) is 11.4 Å². The summed E-state index contributed by atoms with van der Waals surface area (Å²) in [6.07, 6.45) is 2.77. The molecule has 0 saturated carbocycles. The van der Waals surface area contributed by atoms with E-state index in [1.54, 1.807) is 16.8 Å². The highest BCUT2D eigenvalue weighted by atomic mass is 35.5. The van der Waals surface area contributed by atoms with Gasteiger partial charge in [0.15, 0.2) is 5.82 Å². The van der Waals surface area contributed by atoms with Gasteiger partial charge in [0.05, 0.1) is 28.2 Å². The molecule has 0 bridgehead atoms. The van der Waals surface area contributed by atoms with Crippen LogP contribution in [-0.4, -0.2) is 35.9 Å². The summed E-state index contributed by atoms with van der Waals surface area (Å²) in [5.41, 5.74) is 2.24. The van der Waals surface area contributed by atoms with Crippen molar-refractivity contribution in [3.05, 3.63) is 77.1 Å². The van der Waals surface area contributed by atoms with Gasteiger partial charge >= 0.3 is 0 Å². The number of carbonyl (C=O) groups is 1. The highest BCUT2D eigenvalue weighted by Gasteiger charge is 2.22. The molecule has 4 rings (SSSR count). The molecule has 0 atom stereocenters. The van der Waals surface area contributed by atoms with Crippen molar-refractivity contribution in [2.75, 3.05) is 5.32 Å². The molecule has 4 aromatic rings. The zero-order valence-corrected chi connectivity index (χ0v) is 16.9. The number of hydrogen-bond acceptors (Lipinski definition) is 5. The molecule has 0 aliphatic heterocycles. The van der Waals surface area contributed by atoms with E-state index in [2.05, 4.69) is 25.9 Å². The highest BCUT2D eigenvalue weighted by molar-refractivity contribution is 6.32. The summed E-state index contributed by atoms with van der Waals surface area (Å²) in [6.45, 7) is 3.92. The number of benzene rings is 2. The fourth-order valence-electron chi connectivity index (χ4n) is 3.14. The molecule has 2 aromatic carbocycles. The third-order valence-corrected chi connectivity index (χ3v) is 4.80. The number of carbonyl (C=O) groups excluding carboxylic acids is 1. The first-order chi connectivity index (χ1) is 14.5. The molecule has 10 heteroatoms. The number of aromatic nitrogens is 6. The van der Waals surface area contributed by atoms with Crippen molar-refractivity contribution < 1.29 is 9.18 Å². The van der Waals surface area contributed by atoms with E-state index in [0.717, 1.165) is 0 Å². The molecule has 0 unspecified atom stereocenters. The van der Waals surface area contributed by atoms with E-state index in [1.807, 2.05) is 32.0 Å². The quantitative estimate of drug-likeness (QED) is 0.521. The van der Waals surface area contributed by atoms with Crippen molar-refractivity contribution in [3.63, 3.8) is 0 Å². The third kappa shape index (κ3) is 3.67. The number of tetrazole rings is 1. The SMILES string of the molecule is CC(C)c1c(C(=O)Nc2ccc(-n3cnnn3)c(F)c2)cnn1-c1ccccc1Cl. The predicted molar refractivity (Wildman–Crippen MR) is 110 cm³/mol. The molecule has 2 heterocycles. The van der Waals surface area contributed by atoms with Crippen LogP contribution in [0.2, 0.25) is 5.02 Å². The Morgan fingerprint density at radius 2 is 1.97 bits per heavy atom. The van der Waals surface area contributed by atoms with Gasteiger partial charge in [0, 0.05) is 5.69 Å². The van der Waals surface area contributed by atoms with Crippen molar-refractivity contribution in [2.45, 2.75) is 19.8 Å². The van der Waals surface area contributed by atoms with Crippen LogP contribution in [0.3, 0.4) is 0 Å². The second-order valence-corrected chi connectivity index (χ2v) is 7.24. The molecule has 0 spiro atoms. The molecule has 0 fully saturated rings. The average Bonchev–Trinajstić information content (AvgIpc) is 3.38. The van der Waals surface area contributed by atoms with Gasteiger partial charge in [-0.25, -0.2) is 9.07 Å². The minimum absolute atomic E-state index is 0.0107. The van der Waals surface area contributed by atoms with E-state index in [0.29, 0.717) is 27.7 Å². The van der Waals surface area contributed by atoms with Gasteiger partial charge in [-0.2, -0.15) is 9.78 Å². The van der Waals surface area contributed by atoms with Crippen LogP contribution in [0.25, 0.3) is 11.4 Å². The summed E-state index contributed by atoms with van der Waals surface area (Å²) < 4.78 is 17.3. The maximum Gasteiger partial charge on any atom is 0.259 e. The van der Waals surface area contributed by atoms with Crippen LogP contribution in [0.15, 0.2) is 55.0 Å². The lowest BCUT2D eigenvalue weighted by molar-refractivity contribution is 0.102. The first-order valence-corrected chi connectivity index (χ1v) is 9.50. The maximum atomic E-state index is 14.4. The van der Waals surface area contributed by atoms with Crippen LogP contribution in [0.5, 0.6) is 0 Å². The Hall–Kier alpha value is -3.59. The van der Waals surface area contributed by atoms with Crippen LogP contribution in [0.4, 0.5) is 10.1 Å². The fraction of sp³-hybridized carbons (Fsp3) is 0.150. The Kier molecular flexibility index (Phi) is 5.28. The van der Waals surface area contributed by atoms with Gasteiger partial charge < -0.3 is 5.32 Å². The van der Waals surface area contributed by atoms with Crippen molar-refractivity contribution in [1.29, 1.82) is 0 Å². The Labute approximate surface area is 176 Å². The van der Waals surface area contributed by atoms with E-state index in [9.17, 15) is 9.18 Å². The van der Waals surface area contributed by atoms with Gasteiger partial charge in [-0.3, -0.25) is 4.79 Å². The fourth-order valence-corrected chi connectivity index (χ4v) is 3.36. The number of halogens is 2. The predicted octanol–water partition coefficient (Wildman–Crippen LogP) is 4.02. The van der Waals surface area contributed by atoms with Crippen LogP contribution < -0.4 is 5.32 Å². The van der Waals surface area contributed by atoms with Crippen LogP contribution in [0, 0.1) is 5.82 Å². The van der Waals surface area contributed by atoms with Crippen LogP contribution in [-0.2, 0) is 0 Å². The van der Waals surface area contributed by atoms with E-state index in [1.165, 1.54) is 29.3 Å². The molecule has 1 amide bonds. The molecule has 0 aliphatic carbocycles. The normalized spacial score (nSPS) is 11.1. The maximum absolute atomic E-state index is 14.4. The van der Waals surface area contributed by atoms with Gasteiger partial charge in [-0.15, -0.1) is 5.10 Å². The number of para-hydroxylation sites is 1. The molecule has 1 N–H and O–H groups in total. The first-order valence-electron chi connectivity index (χ1n) is 9.12. The zero-order valence-electron chi connectivity index (χ0n) is 16.1. The summed E-state index contributed by atoms with van der Waals surface area (Å²) >= 11 is 6.31. The van der Waals surface area contributed by atoms with Gasteiger partial charge in [-0.1, -0.05) is 37.6 Å². The van der Waals surface area contributed by atoms with E-state index >= 15 is 0 Å². The van der Waals surface area contributed by atoms with E-state index in [-0.39, 0.29) is 11.6 Å². The number of nitrogens with one attached hydrogen (secondary N) is 1. The molecular formula is C20H17ClFN7O. The third-order valence-electron chi connectivity index (χ3n) is 4.48. The van der Waals surface area contributed by atoms with Crippen molar-refractivity contribution >= 4 is 23.2 Å². The Balaban J connectivity index is 1.64. The molecule has 0 saturated heterocycles. The summed E-state index contributed by atoms with van der Waals surface area (Å²) in [6, 6.07) is 11.5. The summed E-state index contributed by atoms with van der Waals surface area (Å²) in [5, 5.41) is 18.2. The number of anilines is 1. The molecule has 0 radical (unpaired) electrons. The molecular weight excluding hydrogens is 409 g/mol. The molecule has 30 heavy (non-hydrogen) atoms. The lowest BCUT2D eigenvalue weighted by Gasteiger charge is -2.14. The van der Waals surface area contributed by atoms with Gasteiger partial charge in [0.2, 0.25) is 0 Å². The number of amides is 1. The second-order valence-electron chi connectivity index (χ2n) is 6.84.